The number of aromatic nitrogens is 1. The van der Waals surface area contributed by atoms with Gasteiger partial charge in [-0.2, -0.15) is 0 Å². The second-order valence-electron chi connectivity index (χ2n) is 12.2. The van der Waals surface area contributed by atoms with Gasteiger partial charge >= 0.3 is 24.1 Å². The van der Waals surface area contributed by atoms with Gasteiger partial charge in [0, 0.05) is 16.9 Å². The Labute approximate surface area is 287 Å². The number of carboxylic acids is 2. The van der Waals surface area contributed by atoms with E-state index in [1.807, 2.05) is 0 Å². The third-order valence-electron chi connectivity index (χ3n) is 5.64. The Hall–Kier alpha value is -5.70. The summed E-state index contributed by atoms with van der Waals surface area (Å²) in [5, 5.41) is 18.2. The summed E-state index contributed by atoms with van der Waals surface area (Å²) >= 11 is 1.34. The van der Waals surface area contributed by atoms with E-state index in [1.165, 1.54) is 11.3 Å². The minimum Gasteiger partial charge on any atom is -0.480 e. The van der Waals surface area contributed by atoms with Crippen LogP contribution in [0.4, 0.5) is 26.1 Å². The maximum Gasteiger partial charge on any atom is 0.415 e. The van der Waals surface area contributed by atoms with Crippen molar-refractivity contribution >= 4 is 68.1 Å². The van der Waals surface area contributed by atoms with Crippen molar-refractivity contribution in [3.8, 4) is 0 Å². The standard InChI is InChI=1S/2C13H17NO4.C8H7N3OS/c2*1-13(2,3)18-12(17)14(9-11(15)16)10-7-5-4-6-8-10;9-7(12)4-1-2-5-6(3-4)13-8(10)11-5/h2*4-8H,9H2,1-3H3,(H,15,16);1-3H,(H2,9,12)(H2,10,11). The van der Waals surface area contributed by atoms with Gasteiger partial charge in [-0.15, -0.1) is 0 Å². The molecule has 0 unspecified atom stereocenters. The van der Waals surface area contributed by atoms with Crippen molar-refractivity contribution < 1.29 is 43.7 Å². The molecular weight excluding hydrogens is 654 g/mol. The van der Waals surface area contributed by atoms with Gasteiger partial charge < -0.3 is 31.2 Å². The highest BCUT2D eigenvalue weighted by Gasteiger charge is 2.26. The molecule has 0 radical (unpaired) electrons. The van der Waals surface area contributed by atoms with E-state index in [0.29, 0.717) is 22.1 Å². The summed E-state index contributed by atoms with van der Waals surface area (Å²) < 4.78 is 11.2. The zero-order valence-electron chi connectivity index (χ0n) is 28.1. The van der Waals surface area contributed by atoms with Gasteiger partial charge in [0.25, 0.3) is 0 Å². The average molecular weight is 696 g/mol. The molecular formula is C34H41N5O9S. The molecule has 14 nitrogen and oxygen atoms in total. The highest BCUT2D eigenvalue weighted by atomic mass is 32.1. The number of hydrogen-bond acceptors (Lipinski definition) is 10. The molecule has 0 saturated heterocycles. The quantitative estimate of drug-likeness (QED) is 0.176. The van der Waals surface area contributed by atoms with Crippen molar-refractivity contribution in [2.75, 3.05) is 28.6 Å². The zero-order chi connectivity index (χ0) is 36.9. The lowest BCUT2D eigenvalue weighted by atomic mass is 10.2. The number of carbonyl (C=O) groups is 5. The van der Waals surface area contributed by atoms with Crippen molar-refractivity contribution in [1.82, 2.24) is 4.98 Å². The summed E-state index contributed by atoms with van der Waals surface area (Å²) in [6.45, 7) is 9.52. The van der Waals surface area contributed by atoms with Gasteiger partial charge in [0.05, 0.1) is 10.2 Å². The van der Waals surface area contributed by atoms with E-state index in [9.17, 15) is 24.0 Å². The van der Waals surface area contributed by atoms with Crippen LogP contribution in [-0.2, 0) is 19.1 Å². The van der Waals surface area contributed by atoms with Gasteiger partial charge in [-0.3, -0.25) is 24.2 Å². The number of carbonyl (C=O) groups excluding carboxylic acids is 3. The molecule has 0 spiro atoms. The number of nitrogens with two attached hydrogens (primary N) is 2. The molecule has 4 aromatic rings. The minimum absolute atomic E-state index is 0.432. The fourth-order valence-corrected chi connectivity index (χ4v) is 4.51. The number of nitrogens with zero attached hydrogens (tertiary/aromatic N) is 3. The summed E-state index contributed by atoms with van der Waals surface area (Å²) in [6.07, 6.45) is -1.34. The number of ether oxygens (including phenoxy) is 2. The van der Waals surface area contributed by atoms with Crippen LogP contribution in [0.25, 0.3) is 10.2 Å². The van der Waals surface area contributed by atoms with Gasteiger partial charge in [-0.25, -0.2) is 14.6 Å². The van der Waals surface area contributed by atoms with Crippen LogP contribution < -0.4 is 21.3 Å². The number of nitrogen functional groups attached to an aromatic ring is 1. The van der Waals surface area contributed by atoms with Gasteiger partial charge in [0.2, 0.25) is 5.91 Å². The van der Waals surface area contributed by atoms with E-state index in [1.54, 1.807) is 120 Å². The Morgan fingerprint density at radius 1 is 0.714 bits per heavy atom. The number of fused-ring (bicyclic) bond motifs is 1. The minimum atomic E-state index is -1.09. The first-order chi connectivity index (χ1) is 22.8. The molecule has 0 aliphatic heterocycles. The SMILES string of the molecule is CC(C)(C)OC(=O)N(CC(=O)O)c1ccccc1.CC(C)(C)OC(=O)N(CC(=O)O)c1ccccc1.NC(=O)c1ccc2nc(N)sc2c1. The predicted molar refractivity (Wildman–Crippen MR) is 188 cm³/mol. The smallest absolute Gasteiger partial charge is 0.415 e. The van der Waals surface area contributed by atoms with E-state index in [0.717, 1.165) is 20.0 Å². The molecule has 0 aliphatic rings. The van der Waals surface area contributed by atoms with Crippen molar-refractivity contribution in [3.05, 3.63) is 84.4 Å². The number of rotatable bonds is 7. The number of primary amides is 1. The Balaban J connectivity index is 0.000000258. The Bertz CT molecular complexity index is 1650. The third kappa shape index (κ3) is 14.3. The van der Waals surface area contributed by atoms with Crippen molar-refractivity contribution in [2.24, 2.45) is 5.73 Å². The van der Waals surface area contributed by atoms with Crippen LogP contribution in [0.3, 0.4) is 0 Å². The molecule has 6 N–H and O–H groups in total. The number of aliphatic carboxylic acids is 2. The lowest BCUT2D eigenvalue weighted by molar-refractivity contribution is -0.136. The first-order valence-corrected chi connectivity index (χ1v) is 15.6. The van der Waals surface area contributed by atoms with E-state index in [2.05, 4.69) is 4.98 Å². The average Bonchev–Trinajstić information content (AvgIpc) is 3.37. The monoisotopic (exact) mass is 695 g/mol. The van der Waals surface area contributed by atoms with E-state index < -0.39 is 54.3 Å². The van der Waals surface area contributed by atoms with Crippen molar-refractivity contribution in [2.45, 2.75) is 52.7 Å². The topological polar surface area (TPSA) is 216 Å². The normalized spacial score (nSPS) is 10.7. The fraction of sp³-hybridized carbons (Fsp3) is 0.294. The number of hydrogen-bond donors (Lipinski definition) is 4. The van der Waals surface area contributed by atoms with Crippen LogP contribution in [0.15, 0.2) is 78.9 Å². The van der Waals surface area contributed by atoms with E-state index in [4.69, 9.17) is 31.2 Å². The molecule has 3 aromatic carbocycles. The molecule has 3 amide bonds. The number of amides is 3. The first-order valence-electron chi connectivity index (χ1n) is 14.8. The highest BCUT2D eigenvalue weighted by molar-refractivity contribution is 7.22. The number of thiazole rings is 1. The van der Waals surface area contributed by atoms with Crippen LogP contribution in [0.1, 0.15) is 51.9 Å². The zero-order valence-corrected chi connectivity index (χ0v) is 28.9. The fourth-order valence-electron chi connectivity index (χ4n) is 3.74. The molecule has 4 rings (SSSR count). The highest BCUT2D eigenvalue weighted by Crippen LogP contribution is 2.24. The number of carboxylic acid groups (broad SMARTS) is 2. The summed E-state index contributed by atoms with van der Waals surface area (Å²) in [4.78, 5) is 62.5. The number of anilines is 3. The molecule has 0 saturated carbocycles. The maximum atomic E-state index is 11.9. The molecule has 0 bridgehead atoms. The maximum absolute atomic E-state index is 11.9. The van der Waals surface area contributed by atoms with Crippen LogP contribution in [0.5, 0.6) is 0 Å². The van der Waals surface area contributed by atoms with Gasteiger partial charge in [-0.05, 0) is 84.0 Å². The van der Waals surface area contributed by atoms with E-state index >= 15 is 0 Å². The van der Waals surface area contributed by atoms with Crippen molar-refractivity contribution in [3.63, 3.8) is 0 Å². The summed E-state index contributed by atoms with van der Waals surface area (Å²) in [5.41, 5.74) is 11.6. The van der Waals surface area contributed by atoms with Gasteiger partial charge in [0.1, 0.15) is 24.3 Å². The third-order valence-corrected chi connectivity index (χ3v) is 6.49. The predicted octanol–water partition coefficient (Wildman–Crippen LogP) is 6.00. The molecule has 0 aliphatic carbocycles. The summed E-state index contributed by atoms with van der Waals surface area (Å²) in [5.74, 6) is -2.62. The molecule has 0 fully saturated rings. The van der Waals surface area contributed by atoms with Crippen molar-refractivity contribution in [1.29, 1.82) is 0 Å². The van der Waals surface area contributed by atoms with Gasteiger partial charge in [-0.1, -0.05) is 47.7 Å². The second-order valence-corrected chi connectivity index (χ2v) is 13.3. The van der Waals surface area contributed by atoms with Crippen LogP contribution in [0.2, 0.25) is 0 Å². The largest absolute Gasteiger partial charge is 0.480 e. The Morgan fingerprint density at radius 3 is 1.47 bits per heavy atom. The molecule has 262 valence electrons. The molecule has 15 heteroatoms. The lowest BCUT2D eigenvalue weighted by Crippen LogP contribution is -2.39. The van der Waals surface area contributed by atoms with E-state index in [-0.39, 0.29) is 0 Å². The van der Waals surface area contributed by atoms with Crippen LogP contribution in [0, 0.1) is 0 Å². The van der Waals surface area contributed by atoms with Crippen LogP contribution in [-0.4, -0.2) is 69.5 Å². The molecule has 49 heavy (non-hydrogen) atoms. The Morgan fingerprint density at radius 2 is 1.12 bits per heavy atom. The number of para-hydroxylation sites is 2. The summed E-state index contributed by atoms with van der Waals surface area (Å²) in [7, 11) is 0. The first kappa shape index (κ1) is 39.5. The molecule has 1 heterocycles. The number of benzene rings is 3. The Kier molecular flexibility index (Phi) is 14.1. The summed E-state index contributed by atoms with van der Waals surface area (Å²) in [6, 6.07) is 22.2. The molecule has 0 atom stereocenters. The second kappa shape index (κ2) is 17.5. The molecule has 1 aromatic heterocycles. The van der Waals surface area contributed by atoms with Gasteiger partial charge in [0.15, 0.2) is 5.13 Å². The van der Waals surface area contributed by atoms with Crippen LogP contribution >= 0.6 is 11.3 Å². The lowest BCUT2D eigenvalue weighted by Gasteiger charge is -2.26.